The number of aromatic nitrogens is 2. The number of hydrogen-bond acceptors (Lipinski definition) is 7. The van der Waals surface area contributed by atoms with Crippen LogP contribution in [0.25, 0.3) is 11.0 Å². The fraction of sp³-hybridized carbons (Fsp3) is 0.615. The number of imidazole rings is 1. The average molecular weight is 503 g/mol. The third kappa shape index (κ3) is 6.61. The van der Waals surface area contributed by atoms with Gasteiger partial charge in [0.1, 0.15) is 11.6 Å². The maximum absolute atomic E-state index is 13.0. The zero-order valence-electron chi connectivity index (χ0n) is 21.7. The number of nitrogens with one attached hydrogen (secondary N) is 1. The molecule has 0 spiro atoms. The highest BCUT2D eigenvalue weighted by molar-refractivity contribution is 6.00. The minimum Gasteiger partial charge on any atom is -0.460 e. The predicted octanol–water partition coefficient (Wildman–Crippen LogP) is 1.96. The standard InChI is InChI=1S/C26H38N4O6/c1-26(2,3)36-24(33)18(16-27)10-7-15-35-14-6-9-17-8-5-11-19-22(17)29(4)25(34)30(19)20-12-13-21(31)28-23(20)32/h5,8,11,18,20H,6-7,9-10,12-16,27H2,1-4H3,(H,28,31,32). The van der Waals surface area contributed by atoms with E-state index in [1.54, 1.807) is 11.6 Å². The molecule has 2 atom stereocenters. The Morgan fingerprint density at radius 3 is 2.58 bits per heavy atom. The Labute approximate surface area is 211 Å². The zero-order valence-corrected chi connectivity index (χ0v) is 21.7. The van der Waals surface area contributed by atoms with Crippen LogP contribution in [0.5, 0.6) is 0 Å². The molecule has 2 unspecified atom stereocenters. The molecule has 0 bridgehead atoms. The van der Waals surface area contributed by atoms with Gasteiger partial charge >= 0.3 is 11.7 Å². The van der Waals surface area contributed by atoms with E-state index in [9.17, 15) is 19.2 Å². The van der Waals surface area contributed by atoms with Crippen molar-refractivity contribution in [3.63, 3.8) is 0 Å². The molecule has 1 aromatic carbocycles. The normalized spacial score (nSPS) is 17.3. The maximum Gasteiger partial charge on any atom is 0.329 e. The number of carbonyl (C=O) groups is 3. The first-order valence-electron chi connectivity index (χ1n) is 12.6. The lowest BCUT2D eigenvalue weighted by molar-refractivity contribution is -0.160. The van der Waals surface area contributed by atoms with E-state index in [1.807, 2.05) is 39.0 Å². The number of aryl methyl sites for hydroxylation is 2. The van der Waals surface area contributed by atoms with Crippen molar-refractivity contribution in [1.29, 1.82) is 0 Å². The summed E-state index contributed by atoms with van der Waals surface area (Å²) in [6.45, 7) is 6.82. The first kappa shape index (κ1) is 27.6. The molecule has 10 heteroatoms. The molecular formula is C26H38N4O6. The van der Waals surface area contributed by atoms with E-state index < -0.39 is 17.6 Å². The van der Waals surface area contributed by atoms with Crippen LogP contribution in [0.4, 0.5) is 0 Å². The summed E-state index contributed by atoms with van der Waals surface area (Å²) in [6, 6.07) is 4.99. The molecule has 0 saturated carbocycles. The van der Waals surface area contributed by atoms with Crippen molar-refractivity contribution in [3.8, 4) is 0 Å². The van der Waals surface area contributed by atoms with Crippen LogP contribution in [0.1, 0.15) is 64.5 Å². The van der Waals surface area contributed by atoms with Gasteiger partial charge in [0.15, 0.2) is 0 Å². The number of ether oxygens (including phenoxy) is 2. The summed E-state index contributed by atoms with van der Waals surface area (Å²) in [6.07, 6.45) is 3.29. The molecule has 10 nitrogen and oxygen atoms in total. The molecule has 0 aliphatic carbocycles. The first-order chi connectivity index (χ1) is 17.0. The summed E-state index contributed by atoms with van der Waals surface area (Å²) >= 11 is 0. The van der Waals surface area contributed by atoms with Gasteiger partial charge in [-0.3, -0.25) is 28.8 Å². The number of rotatable bonds is 11. The smallest absolute Gasteiger partial charge is 0.329 e. The highest BCUT2D eigenvalue weighted by Gasteiger charge is 2.31. The molecule has 2 amide bonds. The molecule has 1 fully saturated rings. The maximum atomic E-state index is 13.0. The number of nitrogens with zero attached hydrogens (tertiary/aromatic N) is 2. The Morgan fingerprint density at radius 2 is 1.92 bits per heavy atom. The van der Waals surface area contributed by atoms with E-state index in [4.69, 9.17) is 15.2 Å². The van der Waals surface area contributed by atoms with Crippen LogP contribution in [0.15, 0.2) is 23.0 Å². The van der Waals surface area contributed by atoms with Crippen LogP contribution in [-0.2, 0) is 37.3 Å². The monoisotopic (exact) mass is 502 g/mol. The fourth-order valence-corrected chi connectivity index (χ4v) is 4.57. The summed E-state index contributed by atoms with van der Waals surface area (Å²) in [5.74, 6) is -1.36. The van der Waals surface area contributed by atoms with Crippen molar-refractivity contribution < 1.29 is 23.9 Å². The van der Waals surface area contributed by atoms with E-state index in [0.717, 1.165) is 17.5 Å². The fourth-order valence-electron chi connectivity index (χ4n) is 4.57. The number of para-hydroxylation sites is 1. The molecule has 2 heterocycles. The summed E-state index contributed by atoms with van der Waals surface area (Å²) in [5, 5.41) is 2.33. The Bertz CT molecular complexity index is 1160. The summed E-state index contributed by atoms with van der Waals surface area (Å²) < 4.78 is 14.3. The highest BCUT2D eigenvalue weighted by Crippen LogP contribution is 2.25. The van der Waals surface area contributed by atoms with Crippen LogP contribution < -0.4 is 16.7 Å². The molecule has 3 N–H and O–H groups in total. The number of amides is 2. The van der Waals surface area contributed by atoms with Gasteiger partial charge in [0, 0.05) is 33.2 Å². The molecule has 0 radical (unpaired) electrons. The third-order valence-corrected chi connectivity index (χ3v) is 6.31. The van der Waals surface area contributed by atoms with Gasteiger partial charge in [-0.15, -0.1) is 0 Å². The van der Waals surface area contributed by atoms with E-state index in [0.29, 0.717) is 44.4 Å². The number of nitrogens with two attached hydrogens (primary N) is 1. The van der Waals surface area contributed by atoms with Crippen LogP contribution in [0.3, 0.4) is 0 Å². The van der Waals surface area contributed by atoms with Gasteiger partial charge in [0.25, 0.3) is 0 Å². The lowest BCUT2D eigenvalue weighted by Crippen LogP contribution is -2.44. The number of piperidine rings is 1. The molecule has 2 aromatic rings. The number of hydrogen-bond donors (Lipinski definition) is 2. The average Bonchev–Trinajstić information content (AvgIpc) is 3.05. The second-order valence-corrected chi connectivity index (χ2v) is 10.3. The van der Waals surface area contributed by atoms with E-state index in [-0.39, 0.29) is 36.4 Å². The Balaban J connectivity index is 1.54. The zero-order chi connectivity index (χ0) is 26.5. The van der Waals surface area contributed by atoms with Gasteiger partial charge in [0.05, 0.1) is 17.0 Å². The van der Waals surface area contributed by atoms with Crippen molar-refractivity contribution in [2.45, 2.75) is 70.9 Å². The molecule has 1 saturated heterocycles. The van der Waals surface area contributed by atoms with E-state index in [2.05, 4.69) is 5.32 Å². The number of fused-ring (bicyclic) bond motifs is 1. The number of benzene rings is 1. The lowest BCUT2D eigenvalue weighted by atomic mass is 10.0. The predicted molar refractivity (Wildman–Crippen MR) is 135 cm³/mol. The summed E-state index contributed by atoms with van der Waals surface area (Å²) in [7, 11) is 1.70. The molecule has 198 valence electrons. The van der Waals surface area contributed by atoms with Gasteiger partial charge in [-0.2, -0.15) is 0 Å². The minimum atomic E-state index is -0.699. The van der Waals surface area contributed by atoms with Crippen molar-refractivity contribution in [2.75, 3.05) is 19.8 Å². The van der Waals surface area contributed by atoms with E-state index in [1.165, 1.54) is 4.57 Å². The Hall–Kier alpha value is -2.98. The van der Waals surface area contributed by atoms with Gasteiger partial charge in [-0.05, 0) is 64.5 Å². The first-order valence-corrected chi connectivity index (χ1v) is 12.6. The molecule has 1 aromatic heterocycles. The van der Waals surface area contributed by atoms with Crippen molar-refractivity contribution in [2.24, 2.45) is 18.7 Å². The number of carbonyl (C=O) groups excluding carboxylic acids is 3. The highest BCUT2D eigenvalue weighted by atomic mass is 16.6. The Morgan fingerprint density at radius 1 is 1.19 bits per heavy atom. The van der Waals surface area contributed by atoms with Crippen molar-refractivity contribution in [3.05, 3.63) is 34.2 Å². The van der Waals surface area contributed by atoms with Gasteiger partial charge in [-0.25, -0.2) is 4.79 Å². The Kier molecular flexibility index (Phi) is 9.08. The van der Waals surface area contributed by atoms with Crippen LogP contribution in [-0.4, -0.2) is 52.3 Å². The number of imide groups is 1. The largest absolute Gasteiger partial charge is 0.460 e. The molecule has 36 heavy (non-hydrogen) atoms. The third-order valence-electron chi connectivity index (χ3n) is 6.31. The van der Waals surface area contributed by atoms with E-state index >= 15 is 0 Å². The second-order valence-electron chi connectivity index (χ2n) is 10.3. The second kappa shape index (κ2) is 11.8. The van der Waals surface area contributed by atoms with Crippen LogP contribution in [0.2, 0.25) is 0 Å². The van der Waals surface area contributed by atoms with Crippen molar-refractivity contribution >= 4 is 28.8 Å². The van der Waals surface area contributed by atoms with Gasteiger partial charge in [0.2, 0.25) is 11.8 Å². The van der Waals surface area contributed by atoms with Gasteiger partial charge in [-0.1, -0.05) is 12.1 Å². The molecule has 1 aliphatic rings. The van der Waals surface area contributed by atoms with Crippen LogP contribution >= 0.6 is 0 Å². The minimum absolute atomic E-state index is 0.208. The van der Waals surface area contributed by atoms with Crippen LogP contribution in [0, 0.1) is 5.92 Å². The molecular weight excluding hydrogens is 464 g/mol. The SMILES string of the molecule is Cn1c(=O)n(C2CCC(=O)NC2=O)c2cccc(CCCOCCCC(CN)C(=O)OC(C)(C)C)c21. The van der Waals surface area contributed by atoms with Crippen molar-refractivity contribution in [1.82, 2.24) is 14.5 Å². The summed E-state index contributed by atoms with van der Waals surface area (Å²) in [4.78, 5) is 49.2. The van der Waals surface area contributed by atoms with Gasteiger partial charge < -0.3 is 15.2 Å². The quantitative estimate of drug-likeness (QED) is 0.272. The molecule has 3 rings (SSSR count). The molecule has 1 aliphatic heterocycles. The summed E-state index contributed by atoms with van der Waals surface area (Å²) in [5.41, 5.74) is 7.41. The number of esters is 1. The topological polar surface area (TPSA) is 135 Å². The lowest BCUT2D eigenvalue weighted by Gasteiger charge is -2.23.